The smallest absolute Gasteiger partial charge is 0.224 e. The Morgan fingerprint density at radius 2 is 1.85 bits per heavy atom. The molecule has 2 aromatic carbocycles. The monoisotopic (exact) mass is 385 g/mol. The van der Waals surface area contributed by atoms with Crippen LogP contribution in [0.2, 0.25) is 19.6 Å². The van der Waals surface area contributed by atoms with E-state index >= 15 is 0 Å². The van der Waals surface area contributed by atoms with E-state index in [9.17, 15) is 4.79 Å². The second kappa shape index (κ2) is 7.57. The van der Waals surface area contributed by atoms with Gasteiger partial charge in [-0.2, -0.15) is 0 Å². The third-order valence-corrected chi connectivity index (χ3v) is 7.48. The summed E-state index contributed by atoms with van der Waals surface area (Å²) < 4.78 is 0. The number of halogens is 1. The zero-order chi connectivity index (χ0) is 18.9. The molecule has 1 aliphatic heterocycles. The molecule has 0 fully saturated rings. The molecule has 0 N–H and O–H groups in total. The molecule has 2 nitrogen and oxygen atoms in total. The van der Waals surface area contributed by atoms with Crippen molar-refractivity contribution in [3.8, 4) is 11.1 Å². The Hall–Kier alpha value is -1.58. The lowest BCUT2D eigenvalue weighted by Gasteiger charge is -2.35. The summed E-state index contributed by atoms with van der Waals surface area (Å²) in [5, 5.41) is 1.48. The van der Waals surface area contributed by atoms with Crippen molar-refractivity contribution in [1.29, 1.82) is 0 Å². The van der Waals surface area contributed by atoms with Crippen molar-refractivity contribution in [2.45, 2.75) is 52.4 Å². The van der Waals surface area contributed by atoms with Crippen molar-refractivity contribution in [2.24, 2.45) is 0 Å². The highest BCUT2D eigenvalue weighted by Crippen LogP contribution is 2.39. The second-order valence-electron chi connectivity index (χ2n) is 8.19. The van der Waals surface area contributed by atoms with Gasteiger partial charge in [0.2, 0.25) is 5.91 Å². The number of hydrogen-bond donors (Lipinski definition) is 0. The van der Waals surface area contributed by atoms with Crippen molar-refractivity contribution in [2.75, 3.05) is 10.8 Å². The minimum Gasteiger partial charge on any atom is -0.308 e. The van der Waals surface area contributed by atoms with Gasteiger partial charge in [0.1, 0.15) is 0 Å². The topological polar surface area (TPSA) is 20.3 Å². The molecule has 26 heavy (non-hydrogen) atoms. The second-order valence-corrected chi connectivity index (χ2v) is 13.6. The van der Waals surface area contributed by atoms with E-state index in [1.165, 1.54) is 27.4 Å². The van der Waals surface area contributed by atoms with Gasteiger partial charge >= 0.3 is 0 Å². The van der Waals surface area contributed by atoms with Gasteiger partial charge < -0.3 is 4.90 Å². The van der Waals surface area contributed by atoms with Gasteiger partial charge in [0.25, 0.3) is 0 Å². The normalized spacial score (nSPS) is 13.3. The van der Waals surface area contributed by atoms with E-state index in [-0.39, 0.29) is 5.91 Å². The van der Waals surface area contributed by atoms with E-state index in [0.717, 1.165) is 30.8 Å². The highest BCUT2D eigenvalue weighted by Gasteiger charge is 2.30. The largest absolute Gasteiger partial charge is 0.308 e. The highest BCUT2D eigenvalue weighted by atomic mass is 35.5. The zero-order valence-electron chi connectivity index (χ0n) is 16.2. The van der Waals surface area contributed by atoms with Gasteiger partial charge in [0.15, 0.2) is 0 Å². The van der Waals surface area contributed by atoms with Crippen molar-refractivity contribution < 1.29 is 4.79 Å². The van der Waals surface area contributed by atoms with Crippen molar-refractivity contribution in [3.05, 3.63) is 47.5 Å². The summed E-state index contributed by atoms with van der Waals surface area (Å²) in [4.78, 5) is 14.2. The average molecular weight is 386 g/mol. The summed E-state index contributed by atoms with van der Waals surface area (Å²) in [5.41, 5.74) is 6.28. The molecule has 138 valence electrons. The number of benzene rings is 2. The molecule has 0 saturated heterocycles. The van der Waals surface area contributed by atoms with Gasteiger partial charge in [-0.3, -0.25) is 4.79 Å². The van der Waals surface area contributed by atoms with Crippen molar-refractivity contribution in [1.82, 2.24) is 0 Å². The number of fused-ring (bicyclic) bond motifs is 3. The summed E-state index contributed by atoms with van der Waals surface area (Å²) in [6, 6.07) is 13.1. The third-order valence-electron chi connectivity index (χ3n) is 5.15. The summed E-state index contributed by atoms with van der Waals surface area (Å²) in [6.07, 6.45) is 3.24. The number of alkyl halides is 1. The van der Waals surface area contributed by atoms with E-state index in [4.69, 9.17) is 11.6 Å². The van der Waals surface area contributed by atoms with Crippen molar-refractivity contribution >= 4 is 36.5 Å². The molecule has 1 heterocycles. The van der Waals surface area contributed by atoms with Gasteiger partial charge in [-0.1, -0.05) is 55.2 Å². The first kappa shape index (κ1) is 19.2. The number of rotatable bonds is 5. The first-order valence-corrected chi connectivity index (χ1v) is 13.5. The van der Waals surface area contributed by atoms with E-state index in [1.54, 1.807) is 6.92 Å². The summed E-state index contributed by atoms with van der Waals surface area (Å²) >= 11 is 5.87. The maximum atomic E-state index is 12.3. The molecule has 1 amide bonds. The van der Waals surface area contributed by atoms with Gasteiger partial charge in [-0.25, -0.2) is 0 Å². The molecule has 0 bridgehead atoms. The molecule has 3 rings (SSSR count). The SMILES string of the molecule is CC(=O)N1Cc2c(cc(CCCCCl)cc2[Si](C)(C)C)-c2ccccc21. The Morgan fingerprint density at radius 3 is 2.50 bits per heavy atom. The number of hydrogen-bond acceptors (Lipinski definition) is 1. The Labute approximate surface area is 163 Å². The van der Waals surface area contributed by atoms with E-state index in [1.807, 2.05) is 11.0 Å². The number of para-hydroxylation sites is 1. The zero-order valence-corrected chi connectivity index (χ0v) is 18.0. The highest BCUT2D eigenvalue weighted by molar-refractivity contribution is 6.89. The molecule has 4 heteroatoms. The lowest BCUT2D eigenvalue weighted by atomic mass is 9.90. The minimum atomic E-state index is -1.54. The lowest BCUT2D eigenvalue weighted by Crippen LogP contribution is -2.44. The van der Waals surface area contributed by atoms with Gasteiger partial charge in [0.05, 0.1) is 20.3 Å². The maximum absolute atomic E-state index is 12.3. The average Bonchev–Trinajstić information content (AvgIpc) is 2.59. The lowest BCUT2D eigenvalue weighted by molar-refractivity contribution is -0.116. The molecule has 0 atom stereocenters. The Kier molecular flexibility index (Phi) is 5.59. The Bertz CT molecular complexity index is 825. The number of unbranched alkanes of at least 4 members (excludes halogenated alkanes) is 1. The molecule has 0 aliphatic carbocycles. The number of nitrogens with zero attached hydrogens (tertiary/aromatic N) is 1. The number of carbonyl (C=O) groups excluding carboxylic acids is 1. The number of anilines is 1. The van der Waals surface area contributed by atoms with Crippen molar-refractivity contribution in [3.63, 3.8) is 0 Å². The van der Waals surface area contributed by atoms with Crippen LogP contribution in [0.1, 0.15) is 30.9 Å². The molecule has 0 aromatic heterocycles. The van der Waals surface area contributed by atoms with Crippen LogP contribution >= 0.6 is 11.6 Å². The molecular weight excluding hydrogens is 358 g/mol. The van der Waals surface area contributed by atoms with Crippen LogP contribution in [0.4, 0.5) is 5.69 Å². The predicted octanol–water partition coefficient (Wildman–Crippen LogP) is 5.33. The van der Waals surface area contributed by atoms with Crippen LogP contribution in [0.25, 0.3) is 11.1 Å². The first-order chi connectivity index (χ1) is 12.3. The summed E-state index contributed by atoms with van der Waals surface area (Å²) in [7, 11) is -1.54. The number of aryl methyl sites for hydroxylation is 1. The third kappa shape index (κ3) is 3.74. The molecule has 0 unspecified atom stereocenters. The van der Waals surface area contributed by atoms with Crippen LogP contribution < -0.4 is 10.1 Å². The Morgan fingerprint density at radius 1 is 1.12 bits per heavy atom. The van der Waals surface area contributed by atoms with Gasteiger partial charge in [-0.15, -0.1) is 11.6 Å². The van der Waals surface area contributed by atoms with Gasteiger partial charge in [-0.05, 0) is 42.0 Å². The van der Waals surface area contributed by atoms with Gasteiger partial charge in [0, 0.05) is 18.4 Å². The molecule has 2 aromatic rings. The quantitative estimate of drug-likeness (QED) is 0.387. The van der Waals surface area contributed by atoms with Crippen LogP contribution in [0.15, 0.2) is 36.4 Å². The number of carbonyl (C=O) groups is 1. The van der Waals surface area contributed by atoms with Crippen LogP contribution in [-0.4, -0.2) is 19.9 Å². The van der Waals surface area contributed by atoms with E-state index < -0.39 is 8.07 Å². The van der Waals surface area contributed by atoms with Crippen LogP contribution in [0, 0.1) is 0 Å². The predicted molar refractivity (Wildman–Crippen MR) is 115 cm³/mol. The molecule has 0 spiro atoms. The summed E-state index contributed by atoms with van der Waals surface area (Å²) in [6.45, 7) is 9.52. The van der Waals surface area contributed by atoms with E-state index in [0.29, 0.717) is 6.54 Å². The minimum absolute atomic E-state index is 0.107. The first-order valence-electron chi connectivity index (χ1n) is 9.42. The van der Waals surface area contributed by atoms with Crippen LogP contribution in [0.5, 0.6) is 0 Å². The maximum Gasteiger partial charge on any atom is 0.224 e. The fourth-order valence-electron chi connectivity index (χ4n) is 3.84. The summed E-state index contributed by atoms with van der Waals surface area (Å²) in [5.74, 6) is 0.832. The number of amides is 1. The fraction of sp³-hybridized carbons (Fsp3) is 0.409. The van der Waals surface area contributed by atoms with E-state index in [2.05, 4.69) is 50.0 Å². The van der Waals surface area contributed by atoms with Crippen LogP contribution in [0.3, 0.4) is 0 Å². The van der Waals surface area contributed by atoms with Crippen LogP contribution in [-0.2, 0) is 17.8 Å². The molecule has 0 radical (unpaired) electrons. The molecule has 1 aliphatic rings. The Balaban J connectivity index is 2.18. The standard InChI is InChI=1S/C22H28ClNOSi/c1-16(25)24-15-20-19(18-10-5-6-11-21(18)24)13-17(9-7-8-12-23)14-22(20)26(2,3)4/h5-6,10-11,13-14H,7-9,12,15H2,1-4H3. The molecule has 0 saturated carbocycles. The fourth-order valence-corrected chi connectivity index (χ4v) is 5.77. The molecular formula is C22H28ClNOSi.